The van der Waals surface area contributed by atoms with Gasteiger partial charge in [-0.1, -0.05) is 0 Å². The van der Waals surface area contributed by atoms with E-state index >= 15 is 0 Å². The zero-order chi connectivity index (χ0) is 13.1. The van der Waals surface area contributed by atoms with Crippen molar-refractivity contribution in [3.63, 3.8) is 0 Å². The van der Waals surface area contributed by atoms with Gasteiger partial charge in [0.1, 0.15) is 11.9 Å². The van der Waals surface area contributed by atoms with Crippen molar-refractivity contribution in [3.8, 4) is 6.07 Å². The Balaban J connectivity index is 2.85. The van der Waals surface area contributed by atoms with E-state index in [-0.39, 0.29) is 17.9 Å². The smallest absolute Gasteiger partial charge is 0.358 e. The first-order chi connectivity index (χ1) is 7.83. The number of rotatable bonds is 3. The molecule has 0 saturated carbocycles. The van der Waals surface area contributed by atoms with Crippen LogP contribution in [0.15, 0.2) is 12.1 Å². The van der Waals surface area contributed by atoms with Gasteiger partial charge in [-0.3, -0.25) is 0 Å². The van der Waals surface area contributed by atoms with E-state index in [1.54, 1.807) is 19.1 Å². The van der Waals surface area contributed by atoms with Crippen LogP contribution in [0.2, 0.25) is 0 Å². The van der Waals surface area contributed by atoms with Crippen LogP contribution < -0.4 is 4.90 Å². The lowest BCUT2D eigenvalue weighted by Gasteiger charge is -2.20. The van der Waals surface area contributed by atoms with Crippen molar-refractivity contribution >= 4 is 5.82 Å². The predicted octanol–water partition coefficient (Wildman–Crippen LogP) is 2.65. The summed E-state index contributed by atoms with van der Waals surface area (Å²) >= 11 is 0. The average molecular weight is 243 g/mol. The molecule has 0 radical (unpaired) electrons. The summed E-state index contributed by atoms with van der Waals surface area (Å²) in [4.78, 5) is 5.43. The third kappa shape index (κ3) is 3.94. The van der Waals surface area contributed by atoms with E-state index in [9.17, 15) is 13.2 Å². The van der Waals surface area contributed by atoms with Crippen molar-refractivity contribution in [2.24, 2.45) is 0 Å². The second kappa shape index (κ2) is 5.04. The molecule has 92 valence electrons. The zero-order valence-electron chi connectivity index (χ0n) is 9.54. The van der Waals surface area contributed by atoms with Crippen molar-refractivity contribution in [2.75, 3.05) is 18.5 Å². The molecule has 0 fully saturated rings. The molecule has 1 heterocycles. The minimum Gasteiger partial charge on any atom is -0.358 e. The maximum absolute atomic E-state index is 12.1. The van der Waals surface area contributed by atoms with Gasteiger partial charge in [0.05, 0.1) is 12.0 Å². The van der Waals surface area contributed by atoms with Gasteiger partial charge in [0.15, 0.2) is 0 Å². The molecule has 0 amide bonds. The molecule has 0 unspecified atom stereocenters. The molecule has 0 aliphatic rings. The quantitative estimate of drug-likeness (QED) is 0.819. The number of halogens is 3. The minimum atomic E-state index is -4.20. The highest BCUT2D eigenvalue weighted by atomic mass is 19.4. The molecule has 0 aliphatic heterocycles. The molecule has 3 nitrogen and oxygen atoms in total. The largest absolute Gasteiger partial charge is 0.390 e. The van der Waals surface area contributed by atoms with E-state index in [1.807, 2.05) is 6.07 Å². The third-order valence-electron chi connectivity index (χ3n) is 2.23. The Labute approximate surface area is 97.5 Å². The number of hydrogen-bond donors (Lipinski definition) is 0. The van der Waals surface area contributed by atoms with Gasteiger partial charge in [0.25, 0.3) is 0 Å². The fourth-order valence-electron chi connectivity index (χ4n) is 1.32. The van der Waals surface area contributed by atoms with Gasteiger partial charge in [-0.05, 0) is 19.1 Å². The first kappa shape index (κ1) is 13.3. The molecule has 1 rings (SSSR count). The van der Waals surface area contributed by atoms with Crippen LogP contribution in [0, 0.1) is 18.3 Å². The number of hydrogen-bond acceptors (Lipinski definition) is 3. The average Bonchev–Trinajstić information content (AvgIpc) is 2.25. The summed E-state index contributed by atoms with van der Waals surface area (Å²) in [6.07, 6.45) is -5.13. The van der Waals surface area contributed by atoms with E-state index in [0.717, 1.165) is 0 Å². The lowest BCUT2D eigenvalue weighted by atomic mass is 10.2. The Morgan fingerprint density at radius 1 is 1.41 bits per heavy atom. The van der Waals surface area contributed by atoms with Crippen LogP contribution in [0.5, 0.6) is 0 Å². The third-order valence-corrected chi connectivity index (χ3v) is 2.23. The lowest BCUT2D eigenvalue weighted by molar-refractivity contribution is -0.132. The summed E-state index contributed by atoms with van der Waals surface area (Å²) in [7, 11) is 1.49. The topological polar surface area (TPSA) is 39.9 Å². The SMILES string of the molecule is Cc1ccc(C#N)c(N(C)CCC(F)(F)F)n1. The Morgan fingerprint density at radius 2 is 2.06 bits per heavy atom. The Bertz CT molecular complexity index is 435. The van der Waals surface area contributed by atoms with Gasteiger partial charge in [-0.25, -0.2) is 4.98 Å². The molecule has 0 spiro atoms. The maximum atomic E-state index is 12.1. The van der Waals surface area contributed by atoms with Crippen LogP contribution in [0.4, 0.5) is 19.0 Å². The first-order valence-corrected chi connectivity index (χ1v) is 4.99. The summed E-state index contributed by atoms with van der Waals surface area (Å²) in [5, 5.41) is 8.85. The van der Waals surface area contributed by atoms with Gasteiger partial charge < -0.3 is 4.90 Å². The normalized spacial score (nSPS) is 11.1. The number of nitriles is 1. The predicted molar refractivity (Wildman–Crippen MR) is 57.6 cm³/mol. The number of aromatic nitrogens is 1. The van der Waals surface area contributed by atoms with Crippen LogP contribution in [0.1, 0.15) is 17.7 Å². The first-order valence-electron chi connectivity index (χ1n) is 4.99. The van der Waals surface area contributed by atoms with Crippen molar-refractivity contribution in [1.29, 1.82) is 5.26 Å². The van der Waals surface area contributed by atoms with Crippen molar-refractivity contribution in [2.45, 2.75) is 19.5 Å². The maximum Gasteiger partial charge on any atom is 0.390 e. The number of anilines is 1. The number of alkyl halides is 3. The van der Waals surface area contributed by atoms with E-state index in [0.29, 0.717) is 5.69 Å². The molecule has 0 N–H and O–H groups in total. The van der Waals surface area contributed by atoms with Gasteiger partial charge in [0, 0.05) is 19.3 Å². The molecular weight excluding hydrogens is 231 g/mol. The van der Waals surface area contributed by atoms with Crippen LogP contribution >= 0.6 is 0 Å². The molecule has 1 aromatic rings. The molecule has 1 aromatic heterocycles. The Morgan fingerprint density at radius 3 is 2.59 bits per heavy atom. The minimum absolute atomic E-state index is 0.214. The van der Waals surface area contributed by atoms with Gasteiger partial charge in [-0.15, -0.1) is 0 Å². The summed E-state index contributed by atoms with van der Waals surface area (Å²) in [6, 6.07) is 5.13. The van der Waals surface area contributed by atoms with Crippen LogP contribution in [-0.2, 0) is 0 Å². The standard InChI is InChI=1S/C11H12F3N3/c1-8-3-4-9(7-15)10(16-8)17(2)6-5-11(12,13)14/h3-4H,5-6H2,1-2H3. The van der Waals surface area contributed by atoms with Crippen molar-refractivity contribution in [3.05, 3.63) is 23.4 Å². The summed E-state index contributed by atoms with van der Waals surface area (Å²) < 4.78 is 36.2. The van der Waals surface area contributed by atoms with Gasteiger partial charge >= 0.3 is 6.18 Å². The Hall–Kier alpha value is -1.77. The highest BCUT2D eigenvalue weighted by Gasteiger charge is 2.27. The summed E-state index contributed by atoms with van der Waals surface area (Å²) in [6.45, 7) is 1.51. The monoisotopic (exact) mass is 243 g/mol. The number of aryl methyl sites for hydroxylation is 1. The molecule has 6 heteroatoms. The van der Waals surface area contributed by atoms with Crippen LogP contribution in [0.3, 0.4) is 0 Å². The Kier molecular flexibility index (Phi) is 3.94. The molecular formula is C11H12F3N3. The highest BCUT2D eigenvalue weighted by molar-refractivity contribution is 5.53. The second-order valence-electron chi connectivity index (χ2n) is 3.72. The fraction of sp³-hybridized carbons (Fsp3) is 0.455. The second-order valence-corrected chi connectivity index (χ2v) is 3.72. The number of pyridine rings is 1. The molecule has 17 heavy (non-hydrogen) atoms. The van der Waals surface area contributed by atoms with Gasteiger partial charge in [0.2, 0.25) is 0 Å². The van der Waals surface area contributed by atoms with Gasteiger partial charge in [-0.2, -0.15) is 18.4 Å². The highest BCUT2D eigenvalue weighted by Crippen LogP contribution is 2.22. The number of nitrogens with zero attached hydrogens (tertiary/aromatic N) is 3. The molecule has 0 bridgehead atoms. The zero-order valence-corrected chi connectivity index (χ0v) is 9.54. The van der Waals surface area contributed by atoms with E-state index in [1.165, 1.54) is 11.9 Å². The summed E-state index contributed by atoms with van der Waals surface area (Å²) in [5.74, 6) is 0.289. The van der Waals surface area contributed by atoms with E-state index < -0.39 is 12.6 Å². The van der Waals surface area contributed by atoms with Crippen LogP contribution in [0.25, 0.3) is 0 Å². The van der Waals surface area contributed by atoms with E-state index in [2.05, 4.69) is 4.98 Å². The van der Waals surface area contributed by atoms with E-state index in [4.69, 9.17) is 5.26 Å². The van der Waals surface area contributed by atoms with Crippen LogP contribution in [-0.4, -0.2) is 24.8 Å². The van der Waals surface area contributed by atoms with Crippen molar-refractivity contribution < 1.29 is 13.2 Å². The van der Waals surface area contributed by atoms with Crippen molar-refractivity contribution in [1.82, 2.24) is 4.98 Å². The molecule has 0 aliphatic carbocycles. The molecule has 0 atom stereocenters. The summed E-state index contributed by atoms with van der Waals surface area (Å²) in [5.41, 5.74) is 0.943. The fourth-order valence-corrected chi connectivity index (χ4v) is 1.32. The lowest BCUT2D eigenvalue weighted by Crippen LogP contribution is -2.25. The molecule has 0 aromatic carbocycles. The molecule has 0 saturated heterocycles.